The predicted octanol–water partition coefficient (Wildman–Crippen LogP) is 0.0575. The van der Waals surface area contributed by atoms with Crippen molar-refractivity contribution in [2.24, 2.45) is 0 Å². The number of hydrogen-bond acceptors (Lipinski definition) is 7. The van der Waals surface area contributed by atoms with Gasteiger partial charge in [0.1, 0.15) is 12.0 Å². The number of nitrogens with two attached hydrogens (primary N) is 1. The maximum Gasteiger partial charge on any atom is 0.242 e. The molecule has 1 aromatic rings. The molecule has 0 atom stereocenters. The second-order valence-corrected chi connectivity index (χ2v) is 3.87. The second-order valence-electron chi connectivity index (χ2n) is 3.87. The standard InChI is InChI=1S/C11H21N5O2/c1-16(6-7-17-2)5-4-13-10-9(12)11(18-3)15-8-14-10/h8H,4-7,12H2,1-3H3,(H,13,14,15). The van der Waals surface area contributed by atoms with Gasteiger partial charge in [0.05, 0.1) is 13.7 Å². The molecule has 0 unspecified atom stereocenters. The molecule has 0 radical (unpaired) electrons. The first-order chi connectivity index (χ1) is 8.69. The quantitative estimate of drug-likeness (QED) is 0.679. The summed E-state index contributed by atoms with van der Waals surface area (Å²) in [4.78, 5) is 10.1. The number of ether oxygens (including phenoxy) is 2. The minimum Gasteiger partial charge on any atom is -0.479 e. The van der Waals surface area contributed by atoms with Gasteiger partial charge in [0.2, 0.25) is 5.88 Å². The van der Waals surface area contributed by atoms with Crippen LogP contribution in [0.1, 0.15) is 0 Å². The minimum absolute atomic E-state index is 0.389. The summed E-state index contributed by atoms with van der Waals surface area (Å²) in [6.07, 6.45) is 1.42. The molecule has 1 rings (SSSR count). The number of rotatable bonds is 8. The Bertz CT molecular complexity index is 361. The van der Waals surface area contributed by atoms with Gasteiger partial charge in [-0.3, -0.25) is 0 Å². The van der Waals surface area contributed by atoms with Crippen LogP contribution in [0.25, 0.3) is 0 Å². The molecule has 18 heavy (non-hydrogen) atoms. The molecule has 0 aliphatic rings. The summed E-state index contributed by atoms with van der Waals surface area (Å²) in [5.74, 6) is 0.988. The number of methoxy groups -OCH3 is 2. The lowest BCUT2D eigenvalue weighted by Gasteiger charge is -2.17. The SMILES string of the molecule is COCCN(C)CCNc1ncnc(OC)c1N. The van der Waals surface area contributed by atoms with Crippen LogP contribution in [0.2, 0.25) is 0 Å². The topological polar surface area (TPSA) is 85.5 Å². The number of likely N-dealkylation sites (N-methyl/N-ethyl adjacent to an activating group) is 1. The Kier molecular flexibility index (Phi) is 6.16. The van der Waals surface area contributed by atoms with Crippen LogP contribution in [-0.2, 0) is 4.74 Å². The first kappa shape index (κ1) is 14.5. The van der Waals surface area contributed by atoms with Gasteiger partial charge in [-0.25, -0.2) is 4.98 Å². The molecule has 0 aliphatic heterocycles. The summed E-state index contributed by atoms with van der Waals surface area (Å²) in [6.45, 7) is 3.22. The van der Waals surface area contributed by atoms with E-state index in [1.54, 1.807) is 7.11 Å². The third-order valence-corrected chi connectivity index (χ3v) is 2.50. The molecule has 0 bridgehead atoms. The highest BCUT2D eigenvalue weighted by Gasteiger charge is 2.07. The van der Waals surface area contributed by atoms with Crippen molar-refractivity contribution in [3.8, 4) is 5.88 Å². The van der Waals surface area contributed by atoms with Crippen LogP contribution in [0.3, 0.4) is 0 Å². The summed E-state index contributed by atoms with van der Waals surface area (Å²) >= 11 is 0. The predicted molar refractivity (Wildman–Crippen MR) is 70.9 cm³/mol. The van der Waals surface area contributed by atoms with Crippen molar-refractivity contribution in [1.29, 1.82) is 0 Å². The number of aromatic nitrogens is 2. The van der Waals surface area contributed by atoms with Crippen molar-refractivity contribution in [3.05, 3.63) is 6.33 Å². The molecule has 7 nitrogen and oxygen atoms in total. The van der Waals surface area contributed by atoms with E-state index in [0.29, 0.717) is 17.4 Å². The molecule has 0 spiro atoms. The summed E-state index contributed by atoms with van der Waals surface area (Å²) < 4.78 is 10.0. The van der Waals surface area contributed by atoms with Crippen LogP contribution in [0.4, 0.5) is 11.5 Å². The Morgan fingerprint density at radius 2 is 2.11 bits per heavy atom. The molecule has 1 heterocycles. The van der Waals surface area contributed by atoms with Gasteiger partial charge in [0.25, 0.3) is 0 Å². The van der Waals surface area contributed by atoms with Gasteiger partial charge in [-0.2, -0.15) is 4.98 Å². The van der Waals surface area contributed by atoms with Gasteiger partial charge >= 0.3 is 0 Å². The fraction of sp³-hybridized carbons (Fsp3) is 0.636. The first-order valence-corrected chi connectivity index (χ1v) is 5.74. The van der Waals surface area contributed by atoms with E-state index >= 15 is 0 Å². The average molecular weight is 255 g/mol. The van der Waals surface area contributed by atoms with E-state index in [-0.39, 0.29) is 0 Å². The highest BCUT2D eigenvalue weighted by atomic mass is 16.5. The fourth-order valence-corrected chi connectivity index (χ4v) is 1.41. The smallest absolute Gasteiger partial charge is 0.242 e. The highest BCUT2D eigenvalue weighted by molar-refractivity contribution is 5.66. The van der Waals surface area contributed by atoms with E-state index in [0.717, 1.165) is 26.2 Å². The average Bonchev–Trinajstić information content (AvgIpc) is 2.38. The normalized spacial score (nSPS) is 10.7. The maximum atomic E-state index is 5.84. The van der Waals surface area contributed by atoms with Crippen molar-refractivity contribution in [2.45, 2.75) is 0 Å². The summed E-state index contributed by atoms with van der Waals surface area (Å²) in [6, 6.07) is 0. The summed E-state index contributed by atoms with van der Waals surface area (Å²) in [5, 5.41) is 3.16. The number of nitrogens with one attached hydrogen (secondary N) is 1. The Morgan fingerprint density at radius 3 is 2.78 bits per heavy atom. The van der Waals surface area contributed by atoms with Gasteiger partial charge < -0.3 is 25.4 Å². The molecule has 102 valence electrons. The van der Waals surface area contributed by atoms with E-state index in [9.17, 15) is 0 Å². The Labute approximate surface area is 107 Å². The Morgan fingerprint density at radius 1 is 1.33 bits per heavy atom. The monoisotopic (exact) mass is 255 g/mol. The van der Waals surface area contributed by atoms with Crippen molar-refractivity contribution >= 4 is 11.5 Å². The van der Waals surface area contributed by atoms with Crippen LogP contribution >= 0.6 is 0 Å². The molecule has 0 amide bonds. The van der Waals surface area contributed by atoms with Crippen LogP contribution in [0.15, 0.2) is 6.33 Å². The molecule has 0 fully saturated rings. The molecule has 7 heteroatoms. The zero-order valence-electron chi connectivity index (χ0n) is 11.1. The molecule has 0 aliphatic carbocycles. The Balaban J connectivity index is 2.39. The van der Waals surface area contributed by atoms with E-state index in [4.69, 9.17) is 15.2 Å². The number of anilines is 2. The summed E-state index contributed by atoms with van der Waals surface area (Å²) in [7, 11) is 5.26. The molecular formula is C11H21N5O2. The van der Waals surface area contributed by atoms with E-state index in [2.05, 4.69) is 20.2 Å². The van der Waals surface area contributed by atoms with E-state index in [1.807, 2.05) is 7.05 Å². The lowest BCUT2D eigenvalue weighted by molar-refractivity contribution is 0.163. The molecule has 0 aromatic carbocycles. The maximum absolute atomic E-state index is 5.84. The second kappa shape index (κ2) is 7.67. The largest absolute Gasteiger partial charge is 0.479 e. The zero-order chi connectivity index (χ0) is 13.4. The molecule has 0 saturated heterocycles. The minimum atomic E-state index is 0.389. The first-order valence-electron chi connectivity index (χ1n) is 5.74. The van der Waals surface area contributed by atoms with Crippen LogP contribution in [-0.4, -0.2) is 62.4 Å². The van der Waals surface area contributed by atoms with Crippen LogP contribution in [0.5, 0.6) is 5.88 Å². The fourth-order valence-electron chi connectivity index (χ4n) is 1.41. The molecule has 0 saturated carbocycles. The van der Waals surface area contributed by atoms with Crippen molar-refractivity contribution in [2.75, 3.05) is 58.6 Å². The van der Waals surface area contributed by atoms with Gasteiger partial charge in [-0.1, -0.05) is 0 Å². The molecule has 1 aromatic heterocycles. The molecule has 3 N–H and O–H groups in total. The lowest BCUT2D eigenvalue weighted by Crippen LogP contribution is -2.28. The number of nitrogen functional groups attached to an aromatic ring is 1. The van der Waals surface area contributed by atoms with E-state index in [1.165, 1.54) is 13.4 Å². The van der Waals surface area contributed by atoms with Crippen LogP contribution in [0, 0.1) is 0 Å². The third-order valence-electron chi connectivity index (χ3n) is 2.50. The van der Waals surface area contributed by atoms with Crippen molar-refractivity contribution in [3.63, 3.8) is 0 Å². The highest BCUT2D eigenvalue weighted by Crippen LogP contribution is 2.23. The van der Waals surface area contributed by atoms with E-state index < -0.39 is 0 Å². The third kappa shape index (κ3) is 4.34. The summed E-state index contributed by atoms with van der Waals surface area (Å²) in [5.41, 5.74) is 6.27. The zero-order valence-corrected chi connectivity index (χ0v) is 11.1. The van der Waals surface area contributed by atoms with Gasteiger partial charge in [0, 0.05) is 26.7 Å². The Hall–Kier alpha value is -1.60. The number of nitrogens with zero attached hydrogens (tertiary/aromatic N) is 3. The van der Waals surface area contributed by atoms with Gasteiger partial charge in [-0.15, -0.1) is 0 Å². The van der Waals surface area contributed by atoms with Crippen molar-refractivity contribution in [1.82, 2.24) is 14.9 Å². The number of hydrogen-bond donors (Lipinski definition) is 2. The van der Waals surface area contributed by atoms with Gasteiger partial charge in [0.15, 0.2) is 5.82 Å². The van der Waals surface area contributed by atoms with Crippen LogP contribution < -0.4 is 15.8 Å². The van der Waals surface area contributed by atoms with Crippen molar-refractivity contribution < 1.29 is 9.47 Å². The van der Waals surface area contributed by atoms with Gasteiger partial charge in [-0.05, 0) is 7.05 Å². The lowest BCUT2D eigenvalue weighted by atomic mass is 10.4. The molecular weight excluding hydrogens is 234 g/mol.